The molecule has 2 nitrogen and oxygen atoms in total. The molecule has 0 aliphatic heterocycles. The van der Waals surface area contributed by atoms with Crippen molar-refractivity contribution in [2.24, 2.45) is 5.73 Å². The summed E-state index contributed by atoms with van der Waals surface area (Å²) in [7, 11) is 0. The molecule has 0 heterocycles. The Morgan fingerprint density at radius 3 is 2.36 bits per heavy atom. The third kappa shape index (κ3) is 1.95. The molecular weight excluding hydrogens is 138 g/mol. The van der Waals surface area contributed by atoms with E-state index in [0.717, 1.165) is 5.56 Å². The molecule has 59 valence electrons. The second kappa shape index (κ2) is 3.39. The predicted molar refractivity (Wildman–Crippen MR) is 45.0 cm³/mol. The van der Waals surface area contributed by atoms with Crippen LogP contribution in [-0.2, 0) is 0 Å². The maximum atomic E-state index is 8.96. The summed E-state index contributed by atoms with van der Waals surface area (Å²) in [4.78, 5) is 0. The predicted octanol–water partition coefficient (Wildman–Crippen LogP) is 1.62. The first-order chi connectivity index (χ1) is 5.24. The summed E-state index contributed by atoms with van der Waals surface area (Å²) < 4.78 is 0. The van der Waals surface area contributed by atoms with Gasteiger partial charge in [-0.15, -0.1) is 0 Å². The summed E-state index contributed by atoms with van der Waals surface area (Å²) in [5.41, 5.74) is 6.73. The third-order valence-electron chi connectivity index (χ3n) is 1.64. The smallest absolute Gasteiger partial charge is 0.115 e. The number of rotatable bonds is 2. The van der Waals surface area contributed by atoms with Gasteiger partial charge < -0.3 is 10.8 Å². The minimum absolute atomic E-state index is 0.0319. The normalized spacial score (nSPS) is 12.9. The van der Waals surface area contributed by atoms with Crippen LogP contribution in [0.5, 0.6) is 5.75 Å². The SMILES string of the molecule is C[CH]C(N)c1ccc(O)cc1. The summed E-state index contributed by atoms with van der Waals surface area (Å²) >= 11 is 0. The molecule has 3 N–H and O–H groups in total. The average molecular weight is 150 g/mol. The van der Waals surface area contributed by atoms with Crippen molar-refractivity contribution in [1.29, 1.82) is 0 Å². The molecule has 1 aromatic rings. The Balaban J connectivity index is 2.81. The van der Waals surface area contributed by atoms with Crippen molar-refractivity contribution in [3.63, 3.8) is 0 Å². The second-order valence-corrected chi connectivity index (χ2v) is 2.45. The molecule has 1 unspecified atom stereocenters. The number of phenols is 1. The zero-order valence-electron chi connectivity index (χ0n) is 6.49. The summed E-state index contributed by atoms with van der Waals surface area (Å²) in [6.45, 7) is 1.91. The first-order valence-electron chi connectivity index (χ1n) is 3.58. The highest BCUT2D eigenvalue weighted by atomic mass is 16.3. The van der Waals surface area contributed by atoms with Gasteiger partial charge in [-0.25, -0.2) is 0 Å². The lowest BCUT2D eigenvalue weighted by Gasteiger charge is -2.07. The molecule has 1 atom stereocenters. The number of hydrogen-bond acceptors (Lipinski definition) is 2. The van der Waals surface area contributed by atoms with Crippen LogP contribution in [0.2, 0.25) is 0 Å². The highest BCUT2D eigenvalue weighted by molar-refractivity contribution is 5.28. The van der Waals surface area contributed by atoms with Gasteiger partial charge in [-0.1, -0.05) is 19.1 Å². The lowest BCUT2D eigenvalue weighted by molar-refractivity contribution is 0.475. The van der Waals surface area contributed by atoms with Crippen molar-refractivity contribution in [3.8, 4) is 5.75 Å². The fourth-order valence-corrected chi connectivity index (χ4v) is 0.889. The van der Waals surface area contributed by atoms with E-state index in [0.29, 0.717) is 0 Å². The molecule has 0 amide bonds. The first-order valence-corrected chi connectivity index (χ1v) is 3.58. The minimum atomic E-state index is -0.0319. The Bertz CT molecular complexity index is 218. The van der Waals surface area contributed by atoms with Gasteiger partial charge in [-0.3, -0.25) is 0 Å². The zero-order valence-corrected chi connectivity index (χ0v) is 6.49. The molecule has 1 aromatic carbocycles. The Morgan fingerprint density at radius 2 is 1.91 bits per heavy atom. The number of benzene rings is 1. The highest BCUT2D eigenvalue weighted by Crippen LogP contribution is 2.16. The van der Waals surface area contributed by atoms with E-state index in [1.165, 1.54) is 0 Å². The van der Waals surface area contributed by atoms with E-state index in [1.807, 2.05) is 25.5 Å². The zero-order chi connectivity index (χ0) is 8.27. The molecule has 0 bridgehead atoms. The van der Waals surface area contributed by atoms with Crippen LogP contribution in [0.25, 0.3) is 0 Å². The van der Waals surface area contributed by atoms with Crippen molar-refractivity contribution in [2.75, 3.05) is 0 Å². The third-order valence-corrected chi connectivity index (χ3v) is 1.64. The van der Waals surface area contributed by atoms with E-state index in [-0.39, 0.29) is 11.8 Å². The van der Waals surface area contributed by atoms with Gasteiger partial charge in [0.05, 0.1) is 0 Å². The van der Waals surface area contributed by atoms with Crippen LogP contribution >= 0.6 is 0 Å². The van der Waals surface area contributed by atoms with Gasteiger partial charge >= 0.3 is 0 Å². The monoisotopic (exact) mass is 150 g/mol. The van der Waals surface area contributed by atoms with E-state index in [2.05, 4.69) is 0 Å². The van der Waals surface area contributed by atoms with E-state index >= 15 is 0 Å². The molecule has 1 radical (unpaired) electrons. The van der Waals surface area contributed by atoms with Crippen LogP contribution in [0, 0.1) is 6.42 Å². The van der Waals surface area contributed by atoms with Crippen molar-refractivity contribution in [1.82, 2.24) is 0 Å². The standard InChI is InChI=1S/C9H12NO/c1-2-9(10)7-3-5-8(11)6-4-7/h2-6,9,11H,10H2,1H3. The van der Waals surface area contributed by atoms with Crippen LogP contribution < -0.4 is 5.73 Å². The molecule has 0 saturated carbocycles. The lowest BCUT2D eigenvalue weighted by Crippen LogP contribution is -2.08. The average Bonchev–Trinajstić information content (AvgIpc) is 2.05. The highest BCUT2D eigenvalue weighted by Gasteiger charge is 2.01. The Kier molecular flexibility index (Phi) is 2.49. The summed E-state index contributed by atoms with van der Waals surface area (Å²) in [5.74, 6) is 0.275. The molecule has 2 heteroatoms. The van der Waals surface area contributed by atoms with Crippen LogP contribution in [0.1, 0.15) is 18.5 Å². The van der Waals surface area contributed by atoms with Gasteiger partial charge in [0.15, 0.2) is 0 Å². The summed E-state index contributed by atoms with van der Waals surface area (Å²) in [6.07, 6.45) is 1.91. The van der Waals surface area contributed by atoms with E-state index in [4.69, 9.17) is 10.8 Å². The molecule has 0 aliphatic carbocycles. The maximum absolute atomic E-state index is 8.96. The summed E-state index contributed by atoms with van der Waals surface area (Å²) in [5, 5.41) is 8.96. The topological polar surface area (TPSA) is 46.2 Å². The van der Waals surface area contributed by atoms with E-state index in [9.17, 15) is 0 Å². The molecular formula is C9H12NO. The van der Waals surface area contributed by atoms with Crippen LogP contribution in [0.15, 0.2) is 24.3 Å². The van der Waals surface area contributed by atoms with Crippen LogP contribution in [0.4, 0.5) is 0 Å². The first kappa shape index (κ1) is 8.08. The van der Waals surface area contributed by atoms with Gasteiger partial charge in [0.25, 0.3) is 0 Å². The molecule has 0 spiro atoms. The van der Waals surface area contributed by atoms with E-state index in [1.54, 1.807) is 12.1 Å². The van der Waals surface area contributed by atoms with E-state index < -0.39 is 0 Å². The molecule has 1 rings (SSSR count). The van der Waals surface area contributed by atoms with Crippen LogP contribution in [-0.4, -0.2) is 5.11 Å². The fourth-order valence-electron chi connectivity index (χ4n) is 0.889. The van der Waals surface area contributed by atoms with Gasteiger partial charge in [-0.05, 0) is 24.1 Å². The van der Waals surface area contributed by atoms with Gasteiger partial charge in [0, 0.05) is 6.04 Å². The largest absolute Gasteiger partial charge is 0.508 e. The Hall–Kier alpha value is -1.02. The molecule has 0 aromatic heterocycles. The van der Waals surface area contributed by atoms with Crippen molar-refractivity contribution in [3.05, 3.63) is 36.2 Å². The van der Waals surface area contributed by atoms with Gasteiger partial charge in [-0.2, -0.15) is 0 Å². The lowest BCUT2D eigenvalue weighted by atomic mass is 10.1. The van der Waals surface area contributed by atoms with Crippen molar-refractivity contribution >= 4 is 0 Å². The van der Waals surface area contributed by atoms with Crippen molar-refractivity contribution < 1.29 is 5.11 Å². The van der Waals surface area contributed by atoms with Crippen molar-refractivity contribution in [2.45, 2.75) is 13.0 Å². The van der Waals surface area contributed by atoms with Crippen LogP contribution in [0.3, 0.4) is 0 Å². The molecule has 11 heavy (non-hydrogen) atoms. The number of aromatic hydroxyl groups is 1. The molecule has 0 fully saturated rings. The minimum Gasteiger partial charge on any atom is -0.508 e. The molecule has 0 saturated heterocycles. The number of nitrogens with two attached hydrogens (primary N) is 1. The van der Waals surface area contributed by atoms with Gasteiger partial charge in [0.1, 0.15) is 5.75 Å². The number of phenolic OH excluding ortho intramolecular Hbond substituents is 1. The Labute approximate surface area is 66.7 Å². The Morgan fingerprint density at radius 1 is 1.36 bits per heavy atom. The number of hydrogen-bond donors (Lipinski definition) is 2. The second-order valence-electron chi connectivity index (χ2n) is 2.45. The molecule has 0 aliphatic rings. The quantitative estimate of drug-likeness (QED) is 0.672. The maximum Gasteiger partial charge on any atom is 0.115 e. The van der Waals surface area contributed by atoms with Gasteiger partial charge in [0.2, 0.25) is 0 Å². The fraction of sp³-hybridized carbons (Fsp3) is 0.222. The summed E-state index contributed by atoms with van der Waals surface area (Å²) in [6, 6.07) is 6.88.